The van der Waals surface area contributed by atoms with Gasteiger partial charge in [-0.15, -0.1) is 0 Å². The molecule has 0 saturated carbocycles. The Bertz CT molecular complexity index is 964. The van der Waals surface area contributed by atoms with E-state index in [-0.39, 0.29) is 12.2 Å². The van der Waals surface area contributed by atoms with Crippen LogP contribution >= 0.6 is 0 Å². The molecule has 3 aromatic carbocycles. The molecule has 0 aliphatic carbocycles. The van der Waals surface area contributed by atoms with Crippen molar-refractivity contribution >= 4 is 6.29 Å². The van der Waals surface area contributed by atoms with Crippen molar-refractivity contribution in [3.8, 4) is 0 Å². The van der Waals surface area contributed by atoms with Gasteiger partial charge in [-0.1, -0.05) is 91.0 Å². The lowest BCUT2D eigenvalue weighted by Crippen LogP contribution is -2.51. The summed E-state index contributed by atoms with van der Waals surface area (Å²) in [6, 6.07) is 30.0. The summed E-state index contributed by atoms with van der Waals surface area (Å²) in [7, 11) is 0. The molecule has 0 N–H and O–H groups in total. The number of hydrogen-bond donors (Lipinski definition) is 0. The highest BCUT2D eigenvalue weighted by Gasteiger charge is 2.40. The van der Waals surface area contributed by atoms with Gasteiger partial charge in [-0.2, -0.15) is 0 Å². The van der Waals surface area contributed by atoms with Gasteiger partial charge in [0, 0.05) is 13.0 Å². The molecular weight excluding hydrogens is 428 g/mol. The summed E-state index contributed by atoms with van der Waals surface area (Å²) in [4.78, 5) is 12.0. The molecule has 0 spiro atoms. The van der Waals surface area contributed by atoms with Crippen LogP contribution in [0.15, 0.2) is 91.0 Å². The van der Waals surface area contributed by atoms with Gasteiger partial charge in [0.2, 0.25) is 0 Å². The Kier molecular flexibility index (Phi) is 9.40. The molecule has 0 aromatic heterocycles. The SMILES string of the molecule is O=C[C@@H]1O[C@H](CCOCc2ccccc2)C[C@H](OCc2ccccc2)[C@H]1OCc1ccccc1. The Labute approximate surface area is 201 Å². The normalized spacial score (nSPS) is 22.4. The van der Waals surface area contributed by atoms with Gasteiger partial charge in [0.25, 0.3) is 0 Å². The van der Waals surface area contributed by atoms with Crippen molar-refractivity contribution in [3.05, 3.63) is 108 Å². The summed E-state index contributed by atoms with van der Waals surface area (Å²) in [6.07, 6.45) is 0.625. The van der Waals surface area contributed by atoms with E-state index in [0.29, 0.717) is 39.3 Å². The van der Waals surface area contributed by atoms with Crippen LogP contribution in [0.25, 0.3) is 0 Å². The lowest BCUT2D eigenvalue weighted by atomic mass is 9.96. The summed E-state index contributed by atoms with van der Waals surface area (Å²) in [6.45, 7) is 1.96. The lowest BCUT2D eigenvalue weighted by molar-refractivity contribution is -0.204. The Morgan fingerprint density at radius 1 is 0.735 bits per heavy atom. The molecule has 0 bridgehead atoms. The van der Waals surface area contributed by atoms with Crippen molar-refractivity contribution in [1.29, 1.82) is 0 Å². The Hall–Kier alpha value is -2.83. The van der Waals surface area contributed by atoms with E-state index in [4.69, 9.17) is 18.9 Å². The van der Waals surface area contributed by atoms with Gasteiger partial charge in [0.15, 0.2) is 6.29 Å². The maximum Gasteiger partial charge on any atom is 0.151 e. The highest BCUT2D eigenvalue weighted by Crippen LogP contribution is 2.28. The molecule has 1 aliphatic heterocycles. The van der Waals surface area contributed by atoms with Crippen molar-refractivity contribution in [1.82, 2.24) is 0 Å². The third-order valence-electron chi connectivity index (χ3n) is 5.96. The van der Waals surface area contributed by atoms with Gasteiger partial charge >= 0.3 is 0 Å². The minimum Gasteiger partial charge on any atom is -0.377 e. The van der Waals surface area contributed by atoms with Crippen molar-refractivity contribution in [2.75, 3.05) is 6.61 Å². The van der Waals surface area contributed by atoms with Gasteiger partial charge < -0.3 is 23.7 Å². The molecule has 1 fully saturated rings. The number of carbonyl (C=O) groups excluding carboxylic acids is 1. The van der Waals surface area contributed by atoms with Gasteiger partial charge in [0.05, 0.1) is 32.0 Å². The van der Waals surface area contributed by atoms with E-state index in [0.717, 1.165) is 23.0 Å². The quantitative estimate of drug-likeness (QED) is 0.277. The second kappa shape index (κ2) is 13.2. The Morgan fingerprint density at radius 2 is 1.26 bits per heavy atom. The Morgan fingerprint density at radius 3 is 1.82 bits per heavy atom. The maximum atomic E-state index is 12.0. The zero-order valence-electron chi connectivity index (χ0n) is 19.3. The zero-order valence-corrected chi connectivity index (χ0v) is 19.3. The van der Waals surface area contributed by atoms with Gasteiger partial charge in [0.1, 0.15) is 12.2 Å². The van der Waals surface area contributed by atoms with E-state index in [2.05, 4.69) is 0 Å². The highest BCUT2D eigenvalue weighted by atomic mass is 16.6. The number of aldehydes is 1. The molecule has 0 unspecified atom stereocenters. The first kappa shape index (κ1) is 24.3. The summed E-state index contributed by atoms with van der Waals surface area (Å²) in [5.41, 5.74) is 3.27. The number of benzene rings is 3. The number of hydrogen-bond acceptors (Lipinski definition) is 5. The summed E-state index contributed by atoms with van der Waals surface area (Å²) >= 11 is 0. The second-order valence-corrected chi connectivity index (χ2v) is 8.52. The molecule has 0 amide bonds. The van der Waals surface area contributed by atoms with Crippen LogP contribution in [0.4, 0.5) is 0 Å². The number of carbonyl (C=O) groups is 1. The summed E-state index contributed by atoms with van der Waals surface area (Å²) < 4.78 is 24.5. The van der Waals surface area contributed by atoms with Crippen LogP contribution in [0.5, 0.6) is 0 Å². The fraction of sp³-hybridized carbons (Fsp3) is 0.345. The topological polar surface area (TPSA) is 54.0 Å². The average Bonchev–Trinajstić information content (AvgIpc) is 2.90. The first-order valence-electron chi connectivity index (χ1n) is 11.9. The molecule has 5 heteroatoms. The minimum atomic E-state index is -0.683. The van der Waals surface area contributed by atoms with Gasteiger partial charge in [-0.05, 0) is 23.1 Å². The van der Waals surface area contributed by atoms with Crippen LogP contribution < -0.4 is 0 Å². The van der Waals surface area contributed by atoms with E-state index >= 15 is 0 Å². The van der Waals surface area contributed by atoms with Crippen molar-refractivity contribution < 1.29 is 23.7 Å². The number of ether oxygens (including phenoxy) is 4. The van der Waals surface area contributed by atoms with E-state index in [1.54, 1.807) is 0 Å². The third kappa shape index (κ3) is 7.34. The predicted molar refractivity (Wildman–Crippen MR) is 130 cm³/mol. The largest absolute Gasteiger partial charge is 0.377 e. The number of rotatable bonds is 12. The maximum absolute atomic E-state index is 12.0. The van der Waals surface area contributed by atoms with Crippen LogP contribution in [0.1, 0.15) is 29.5 Å². The molecule has 1 heterocycles. The van der Waals surface area contributed by atoms with Crippen LogP contribution in [0, 0.1) is 0 Å². The minimum absolute atomic E-state index is 0.136. The highest BCUT2D eigenvalue weighted by molar-refractivity contribution is 5.57. The second-order valence-electron chi connectivity index (χ2n) is 8.52. The molecule has 178 valence electrons. The van der Waals surface area contributed by atoms with Crippen LogP contribution in [0.2, 0.25) is 0 Å². The molecule has 1 saturated heterocycles. The fourth-order valence-corrected chi connectivity index (χ4v) is 4.14. The molecule has 5 nitrogen and oxygen atoms in total. The average molecular weight is 461 g/mol. The van der Waals surface area contributed by atoms with Crippen molar-refractivity contribution in [2.24, 2.45) is 0 Å². The van der Waals surface area contributed by atoms with E-state index < -0.39 is 12.2 Å². The van der Waals surface area contributed by atoms with Gasteiger partial charge in [-0.25, -0.2) is 0 Å². The molecular formula is C29H32O5. The van der Waals surface area contributed by atoms with Crippen LogP contribution in [-0.2, 0) is 43.6 Å². The Balaban J connectivity index is 1.36. The molecule has 4 rings (SSSR count). The van der Waals surface area contributed by atoms with Crippen LogP contribution in [0.3, 0.4) is 0 Å². The predicted octanol–water partition coefficient (Wildman–Crippen LogP) is 5.12. The summed E-state index contributed by atoms with van der Waals surface area (Å²) in [5, 5.41) is 0. The molecule has 0 radical (unpaired) electrons. The molecule has 3 aromatic rings. The standard InChI is InChI=1S/C29H32O5/c30-19-28-29(33-22-25-14-8-3-9-15-25)27(32-21-24-12-6-2-7-13-24)18-26(34-28)16-17-31-20-23-10-4-1-5-11-23/h1-15,19,26-29H,16-18,20-22H2/t26-,27+,28+,29-/m1/s1. The molecule has 4 atom stereocenters. The smallest absolute Gasteiger partial charge is 0.151 e. The summed E-state index contributed by atoms with van der Waals surface area (Å²) in [5.74, 6) is 0. The van der Waals surface area contributed by atoms with E-state index in [1.165, 1.54) is 0 Å². The third-order valence-corrected chi connectivity index (χ3v) is 5.96. The van der Waals surface area contributed by atoms with Gasteiger partial charge in [-0.3, -0.25) is 0 Å². The van der Waals surface area contributed by atoms with Crippen LogP contribution in [-0.4, -0.2) is 37.3 Å². The molecule has 1 aliphatic rings. The van der Waals surface area contributed by atoms with Crippen molar-refractivity contribution in [2.45, 2.75) is 57.1 Å². The molecule has 34 heavy (non-hydrogen) atoms. The lowest BCUT2D eigenvalue weighted by Gasteiger charge is -2.39. The first-order chi connectivity index (χ1) is 16.8. The van der Waals surface area contributed by atoms with E-state index in [1.807, 2.05) is 91.0 Å². The van der Waals surface area contributed by atoms with Crippen molar-refractivity contribution in [3.63, 3.8) is 0 Å². The van der Waals surface area contributed by atoms with E-state index in [9.17, 15) is 4.79 Å². The zero-order chi connectivity index (χ0) is 23.4. The fourth-order valence-electron chi connectivity index (χ4n) is 4.14. The monoisotopic (exact) mass is 460 g/mol. The first-order valence-corrected chi connectivity index (χ1v) is 11.9.